The lowest BCUT2D eigenvalue weighted by Gasteiger charge is -2.11. The number of carbonyl (C=O) groups excluding carboxylic acids is 1. The fraction of sp³-hybridized carbons (Fsp3) is 0.0294. The van der Waals surface area contributed by atoms with Gasteiger partial charge in [-0.05, 0) is 63.2 Å². The van der Waals surface area contributed by atoms with Crippen LogP contribution < -0.4 is 4.72 Å². The smallest absolute Gasteiger partial charge is 0.261 e. The van der Waals surface area contributed by atoms with Crippen molar-refractivity contribution in [2.75, 3.05) is 4.72 Å². The van der Waals surface area contributed by atoms with Gasteiger partial charge in [0, 0.05) is 16.5 Å². The molecule has 7 rings (SSSR count). The number of rotatable bonds is 6. The molecule has 0 aliphatic heterocycles. The first-order chi connectivity index (χ1) is 20.2. The van der Waals surface area contributed by atoms with Crippen LogP contribution in [0.15, 0.2) is 131 Å². The lowest BCUT2D eigenvalue weighted by molar-refractivity contribution is 0.104. The summed E-state index contributed by atoms with van der Waals surface area (Å²) in [6, 6.07) is 34.9. The van der Waals surface area contributed by atoms with Crippen LogP contribution >= 0.6 is 0 Å². The Morgan fingerprint density at radius 2 is 1.07 bits per heavy atom. The molecule has 0 amide bonds. The first kappa shape index (κ1) is 26.1. The zero-order valence-corrected chi connectivity index (χ0v) is 23.7. The molecule has 0 radical (unpaired) electrons. The Labute approximate surface area is 243 Å². The van der Waals surface area contributed by atoms with Gasteiger partial charge in [-0.25, -0.2) is 16.8 Å². The summed E-state index contributed by atoms with van der Waals surface area (Å²) in [6.07, 6.45) is 0. The van der Waals surface area contributed by atoms with Crippen molar-refractivity contribution in [1.29, 1.82) is 0 Å². The largest absolute Gasteiger partial charge is 0.289 e. The van der Waals surface area contributed by atoms with Gasteiger partial charge in [0.1, 0.15) is 0 Å². The maximum atomic E-state index is 13.5. The highest BCUT2D eigenvalue weighted by atomic mass is 32.2. The minimum absolute atomic E-state index is 0.0424. The SMILES string of the molecule is O=C1c2cc(S(=O)(=O)Cc3cccc4ccccc34)ccc2-c2ccc(S(=O)(=O)Nc3cccc4ccccc34)cc21. The van der Waals surface area contributed by atoms with Crippen LogP contribution in [0.2, 0.25) is 0 Å². The van der Waals surface area contributed by atoms with Crippen molar-refractivity contribution >= 4 is 52.9 Å². The zero-order chi connectivity index (χ0) is 29.1. The van der Waals surface area contributed by atoms with Crippen molar-refractivity contribution in [3.05, 3.63) is 138 Å². The van der Waals surface area contributed by atoms with Gasteiger partial charge in [-0.1, -0.05) is 91.0 Å². The molecule has 6 nitrogen and oxygen atoms in total. The molecule has 1 aliphatic rings. The molecule has 0 spiro atoms. The van der Waals surface area contributed by atoms with Crippen LogP contribution in [0.5, 0.6) is 0 Å². The number of fused-ring (bicyclic) bond motifs is 5. The van der Waals surface area contributed by atoms with Crippen molar-refractivity contribution in [2.24, 2.45) is 0 Å². The third-order valence-corrected chi connectivity index (χ3v) is 10.7. The molecule has 0 saturated carbocycles. The van der Waals surface area contributed by atoms with Crippen molar-refractivity contribution in [1.82, 2.24) is 0 Å². The highest BCUT2D eigenvalue weighted by Crippen LogP contribution is 2.39. The number of hydrogen-bond acceptors (Lipinski definition) is 5. The maximum Gasteiger partial charge on any atom is 0.261 e. The lowest BCUT2D eigenvalue weighted by Crippen LogP contribution is -2.14. The van der Waals surface area contributed by atoms with Gasteiger partial charge < -0.3 is 0 Å². The standard InChI is InChI=1S/C34H23NO5S2/c36-34-31-19-25(41(37,38)21-24-11-5-9-22-7-1-3-12-27(22)24)15-17-29(31)30-18-16-26(20-32(30)34)42(39,40)35-33-14-6-10-23-8-2-4-13-28(23)33/h1-20,35H,21H2. The van der Waals surface area contributed by atoms with E-state index < -0.39 is 25.6 Å². The fourth-order valence-electron chi connectivity index (χ4n) is 5.62. The van der Waals surface area contributed by atoms with Gasteiger partial charge in [0.15, 0.2) is 15.6 Å². The minimum Gasteiger partial charge on any atom is -0.289 e. The number of anilines is 1. The Balaban J connectivity index is 1.20. The molecule has 1 aliphatic carbocycles. The molecule has 6 aromatic rings. The monoisotopic (exact) mass is 589 g/mol. The Hall–Kier alpha value is -4.79. The average molecular weight is 590 g/mol. The normalized spacial score (nSPS) is 12.8. The molecule has 0 aromatic heterocycles. The molecule has 0 bridgehead atoms. The predicted octanol–water partition coefficient (Wildman–Crippen LogP) is 6.98. The van der Waals surface area contributed by atoms with E-state index in [-0.39, 0.29) is 26.7 Å². The van der Waals surface area contributed by atoms with Crippen LogP contribution in [-0.4, -0.2) is 22.6 Å². The summed E-state index contributed by atoms with van der Waals surface area (Å²) in [7, 11) is -7.80. The number of benzene rings is 6. The van der Waals surface area contributed by atoms with E-state index in [0.29, 0.717) is 22.4 Å². The van der Waals surface area contributed by atoms with Crippen LogP contribution in [0.3, 0.4) is 0 Å². The Bertz CT molecular complexity index is 2140. The zero-order valence-electron chi connectivity index (χ0n) is 22.1. The molecular formula is C34H23NO5S2. The van der Waals surface area contributed by atoms with Crippen LogP contribution in [-0.2, 0) is 25.6 Å². The first-order valence-electron chi connectivity index (χ1n) is 13.2. The van der Waals surface area contributed by atoms with Crippen molar-refractivity contribution < 1.29 is 21.6 Å². The van der Waals surface area contributed by atoms with Gasteiger partial charge in [-0.3, -0.25) is 9.52 Å². The Morgan fingerprint density at radius 3 is 1.79 bits per heavy atom. The second-order valence-electron chi connectivity index (χ2n) is 10.3. The summed E-state index contributed by atoms with van der Waals surface area (Å²) >= 11 is 0. The van der Waals surface area contributed by atoms with Crippen LogP contribution in [0.1, 0.15) is 21.5 Å². The van der Waals surface area contributed by atoms with Crippen LogP contribution in [0, 0.1) is 0 Å². The van der Waals surface area contributed by atoms with E-state index in [1.54, 1.807) is 30.3 Å². The van der Waals surface area contributed by atoms with E-state index in [4.69, 9.17) is 0 Å². The van der Waals surface area contributed by atoms with Gasteiger partial charge in [-0.2, -0.15) is 0 Å². The molecule has 206 valence electrons. The van der Waals surface area contributed by atoms with E-state index >= 15 is 0 Å². The summed E-state index contributed by atoms with van der Waals surface area (Å²) in [6.45, 7) is 0. The molecular weight excluding hydrogens is 567 g/mol. The summed E-state index contributed by atoms with van der Waals surface area (Å²) in [5.41, 5.74) is 2.71. The topological polar surface area (TPSA) is 97.4 Å². The molecule has 6 aromatic carbocycles. The third kappa shape index (κ3) is 4.36. The molecule has 8 heteroatoms. The number of carbonyl (C=O) groups is 1. The summed E-state index contributed by atoms with van der Waals surface area (Å²) in [5.74, 6) is -0.624. The van der Waals surface area contributed by atoms with Gasteiger partial charge in [0.2, 0.25) is 0 Å². The number of ketones is 1. The van der Waals surface area contributed by atoms with Crippen molar-refractivity contribution in [3.63, 3.8) is 0 Å². The molecule has 42 heavy (non-hydrogen) atoms. The van der Waals surface area contributed by atoms with Gasteiger partial charge in [0.25, 0.3) is 10.0 Å². The molecule has 0 fully saturated rings. The molecule has 0 unspecified atom stereocenters. The quantitative estimate of drug-likeness (QED) is 0.226. The minimum atomic E-state index is -4.02. The Kier molecular flexibility index (Phi) is 6.00. The van der Waals surface area contributed by atoms with E-state index in [1.165, 1.54) is 24.3 Å². The summed E-state index contributed by atoms with van der Waals surface area (Å²) in [4.78, 5) is 13.5. The van der Waals surface area contributed by atoms with Gasteiger partial charge in [-0.15, -0.1) is 0 Å². The molecule has 0 heterocycles. The van der Waals surface area contributed by atoms with E-state index in [1.807, 2.05) is 66.7 Å². The second kappa shape index (κ2) is 9.65. The molecule has 0 saturated heterocycles. The summed E-state index contributed by atoms with van der Waals surface area (Å²) < 4.78 is 56.4. The maximum absolute atomic E-state index is 13.5. The first-order valence-corrected chi connectivity index (χ1v) is 16.4. The molecule has 0 atom stereocenters. The third-order valence-electron chi connectivity index (χ3n) is 7.69. The summed E-state index contributed by atoms with van der Waals surface area (Å²) in [5, 5.41) is 3.46. The number of nitrogens with one attached hydrogen (secondary N) is 1. The van der Waals surface area contributed by atoms with Crippen molar-refractivity contribution in [2.45, 2.75) is 15.5 Å². The highest BCUT2D eigenvalue weighted by molar-refractivity contribution is 7.92. The van der Waals surface area contributed by atoms with Crippen LogP contribution in [0.4, 0.5) is 5.69 Å². The molecule has 1 N–H and O–H groups in total. The number of sulfone groups is 1. The highest BCUT2D eigenvalue weighted by Gasteiger charge is 2.31. The van der Waals surface area contributed by atoms with Crippen molar-refractivity contribution in [3.8, 4) is 11.1 Å². The number of sulfonamides is 1. The lowest BCUT2D eigenvalue weighted by atomic mass is 10.1. The average Bonchev–Trinajstić information content (AvgIpc) is 3.28. The van der Waals surface area contributed by atoms with Crippen LogP contribution in [0.25, 0.3) is 32.7 Å². The van der Waals surface area contributed by atoms with E-state index in [2.05, 4.69) is 4.72 Å². The Morgan fingerprint density at radius 1 is 0.524 bits per heavy atom. The van der Waals surface area contributed by atoms with E-state index in [9.17, 15) is 21.6 Å². The second-order valence-corrected chi connectivity index (χ2v) is 13.9. The fourth-order valence-corrected chi connectivity index (χ4v) is 8.13. The van der Waals surface area contributed by atoms with Gasteiger partial charge in [0.05, 0.1) is 21.2 Å². The van der Waals surface area contributed by atoms with Gasteiger partial charge >= 0.3 is 0 Å². The van der Waals surface area contributed by atoms with E-state index in [0.717, 1.165) is 21.5 Å². The number of hydrogen-bond donors (Lipinski definition) is 1. The predicted molar refractivity (Wildman–Crippen MR) is 165 cm³/mol.